The van der Waals surface area contributed by atoms with Crippen molar-refractivity contribution >= 4 is 22.3 Å². The Morgan fingerprint density at radius 1 is 1.57 bits per heavy atom. The van der Waals surface area contributed by atoms with Gasteiger partial charge >= 0.3 is 0 Å². The van der Waals surface area contributed by atoms with Crippen LogP contribution in [-0.2, 0) is 4.79 Å². The van der Waals surface area contributed by atoms with E-state index in [0.717, 1.165) is 0 Å². The van der Waals surface area contributed by atoms with E-state index in [4.69, 9.17) is 5.11 Å². The molecular weight excluding hydrogens is 202 g/mol. The molecule has 0 saturated carbocycles. The molecule has 0 aliphatic carbocycles. The maximum absolute atomic E-state index is 11.0. The molecule has 1 aromatic rings. The molecule has 0 fully saturated rings. The number of thiazole rings is 1. The van der Waals surface area contributed by atoms with E-state index in [1.54, 1.807) is 11.6 Å². The van der Waals surface area contributed by atoms with Gasteiger partial charge in [-0.05, 0) is 6.92 Å². The third kappa shape index (κ3) is 2.74. The first-order valence-corrected chi connectivity index (χ1v) is 4.71. The molecule has 0 spiro atoms. The molecule has 0 aliphatic rings. The molecule has 0 aromatic carbocycles. The Kier molecular flexibility index (Phi) is 3.47. The molecule has 1 rings (SSSR count). The highest BCUT2D eigenvalue weighted by atomic mass is 32.1. The van der Waals surface area contributed by atoms with Crippen molar-refractivity contribution in [3.05, 3.63) is 23.0 Å². The number of azo groups is 1. The summed E-state index contributed by atoms with van der Waals surface area (Å²) in [6, 6.07) is 0. The molecule has 1 heterocycles. The number of allylic oxidation sites excluding steroid dienone is 2. The second kappa shape index (κ2) is 4.61. The maximum atomic E-state index is 11.0. The molecule has 1 aromatic heterocycles. The van der Waals surface area contributed by atoms with E-state index < -0.39 is 0 Å². The van der Waals surface area contributed by atoms with Crippen molar-refractivity contribution in [2.45, 2.75) is 13.8 Å². The van der Waals surface area contributed by atoms with Crippen molar-refractivity contribution in [2.24, 2.45) is 10.2 Å². The van der Waals surface area contributed by atoms with E-state index in [1.807, 2.05) is 0 Å². The zero-order valence-electron chi connectivity index (χ0n) is 7.76. The molecule has 0 saturated heterocycles. The van der Waals surface area contributed by atoms with Gasteiger partial charge in [-0.15, -0.1) is 21.6 Å². The molecule has 1 N–H and O–H groups in total. The van der Waals surface area contributed by atoms with Gasteiger partial charge in [-0.3, -0.25) is 4.79 Å². The first-order valence-electron chi connectivity index (χ1n) is 3.83. The zero-order valence-corrected chi connectivity index (χ0v) is 8.58. The fourth-order valence-electron chi connectivity index (χ4n) is 0.756. The largest absolute Gasteiger partial charge is 0.510 e. The lowest BCUT2D eigenvalue weighted by molar-refractivity contribution is -0.113. The Hall–Kier alpha value is -1.56. The number of carbonyl (C=O) groups excluding carboxylic acids is 1. The van der Waals surface area contributed by atoms with Crippen LogP contribution in [0, 0.1) is 0 Å². The number of Topliss-reactive ketones (excluding diaryl/α,β-unsaturated/α-hetero) is 1. The molecule has 5 nitrogen and oxygen atoms in total. The smallest absolute Gasteiger partial charge is 0.229 e. The van der Waals surface area contributed by atoms with Crippen LogP contribution in [0.15, 0.2) is 33.3 Å². The second-order valence-electron chi connectivity index (χ2n) is 2.50. The summed E-state index contributed by atoms with van der Waals surface area (Å²) >= 11 is 1.30. The monoisotopic (exact) mass is 211 g/mol. The minimum atomic E-state index is -0.328. The van der Waals surface area contributed by atoms with Crippen LogP contribution in [0.25, 0.3) is 0 Å². The van der Waals surface area contributed by atoms with Gasteiger partial charge in [-0.25, -0.2) is 4.98 Å². The predicted molar refractivity (Wildman–Crippen MR) is 52.6 cm³/mol. The molecular formula is C8H9N3O2S. The second-order valence-corrected chi connectivity index (χ2v) is 3.38. The van der Waals surface area contributed by atoms with Crippen molar-refractivity contribution in [3.8, 4) is 0 Å². The molecule has 74 valence electrons. The van der Waals surface area contributed by atoms with Gasteiger partial charge in [0.25, 0.3) is 0 Å². The summed E-state index contributed by atoms with van der Waals surface area (Å²) in [5, 5.41) is 18.6. The van der Waals surface area contributed by atoms with E-state index >= 15 is 0 Å². The third-order valence-electron chi connectivity index (χ3n) is 1.33. The van der Waals surface area contributed by atoms with Crippen LogP contribution in [0.5, 0.6) is 0 Å². The number of hydrogen-bond acceptors (Lipinski definition) is 6. The highest BCUT2D eigenvalue weighted by molar-refractivity contribution is 7.13. The van der Waals surface area contributed by atoms with Crippen LogP contribution in [0.4, 0.5) is 5.13 Å². The summed E-state index contributed by atoms with van der Waals surface area (Å²) in [5.41, 5.74) is -0.0415. The Morgan fingerprint density at radius 3 is 2.71 bits per heavy atom. The number of nitrogens with zero attached hydrogens (tertiary/aromatic N) is 3. The van der Waals surface area contributed by atoms with Crippen LogP contribution in [0.1, 0.15) is 13.8 Å². The van der Waals surface area contributed by atoms with Gasteiger partial charge < -0.3 is 5.11 Å². The molecule has 14 heavy (non-hydrogen) atoms. The molecule has 0 unspecified atom stereocenters. The first kappa shape index (κ1) is 10.5. The first-order chi connectivity index (χ1) is 6.61. The molecule has 0 radical (unpaired) electrons. The molecule has 0 aliphatic heterocycles. The van der Waals surface area contributed by atoms with Crippen molar-refractivity contribution in [3.63, 3.8) is 0 Å². The lowest BCUT2D eigenvalue weighted by Gasteiger charge is -1.94. The van der Waals surface area contributed by atoms with Gasteiger partial charge in [0.2, 0.25) is 5.13 Å². The number of ketones is 1. The molecule has 6 heteroatoms. The minimum absolute atomic E-state index is 0.0415. The molecule has 0 bridgehead atoms. The Morgan fingerprint density at radius 2 is 2.29 bits per heavy atom. The van der Waals surface area contributed by atoms with Gasteiger partial charge in [0.05, 0.1) is 0 Å². The van der Waals surface area contributed by atoms with Gasteiger partial charge in [0, 0.05) is 18.5 Å². The summed E-state index contributed by atoms with van der Waals surface area (Å²) in [7, 11) is 0. The average Bonchev–Trinajstić information content (AvgIpc) is 2.55. The summed E-state index contributed by atoms with van der Waals surface area (Å²) in [4.78, 5) is 14.8. The Balaban J connectivity index is 2.86. The SMILES string of the molecule is CC(=O)/C(N=Nc1nccs1)=C(\C)O. The summed E-state index contributed by atoms with van der Waals surface area (Å²) in [6.45, 7) is 2.70. The van der Waals surface area contributed by atoms with Gasteiger partial charge in [0.1, 0.15) is 5.76 Å². The highest BCUT2D eigenvalue weighted by Crippen LogP contribution is 2.17. The third-order valence-corrected chi connectivity index (χ3v) is 1.99. The zero-order chi connectivity index (χ0) is 10.6. The van der Waals surface area contributed by atoms with Gasteiger partial charge in [-0.2, -0.15) is 0 Å². The van der Waals surface area contributed by atoms with Crippen LogP contribution in [0.2, 0.25) is 0 Å². The quantitative estimate of drug-likeness (QED) is 0.474. The fraction of sp³-hybridized carbons (Fsp3) is 0.250. The van der Waals surface area contributed by atoms with Crippen LogP contribution >= 0.6 is 11.3 Å². The van der Waals surface area contributed by atoms with Gasteiger partial charge in [-0.1, -0.05) is 0 Å². The van der Waals surface area contributed by atoms with E-state index in [0.29, 0.717) is 5.13 Å². The number of rotatable bonds is 3. The number of aromatic nitrogens is 1. The summed E-state index contributed by atoms with van der Waals surface area (Å²) < 4.78 is 0. The molecule has 0 amide bonds. The predicted octanol–water partition coefficient (Wildman–Crippen LogP) is 2.61. The van der Waals surface area contributed by atoms with Crippen molar-refractivity contribution < 1.29 is 9.90 Å². The van der Waals surface area contributed by atoms with E-state index in [1.165, 1.54) is 25.2 Å². The fourth-order valence-corrected chi connectivity index (χ4v) is 1.21. The van der Waals surface area contributed by atoms with Gasteiger partial charge in [0.15, 0.2) is 11.5 Å². The highest BCUT2D eigenvalue weighted by Gasteiger charge is 2.06. The van der Waals surface area contributed by atoms with E-state index in [-0.39, 0.29) is 17.2 Å². The Labute approximate surface area is 84.8 Å². The summed E-state index contributed by atoms with van der Waals surface area (Å²) in [6.07, 6.45) is 1.59. The number of hydrogen-bond donors (Lipinski definition) is 1. The van der Waals surface area contributed by atoms with Crippen molar-refractivity contribution in [2.75, 3.05) is 0 Å². The maximum Gasteiger partial charge on any atom is 0.229 e. The van der Waals surface area contributed by atoms with Crippen LogP contribution in [0.3, 0.4) is 0 Å². The summed E-state index contributed by atoms with van der Waals surface area (Å²) in [5.74, 6) is -0.469. The van der Waals surface area contributed by atoms with Crippen molar-refractivity contribution in [1.29, 1.82) is 0 Å². The van der Waals surface area contributed by atoms with E-state index in [9.17, 15) is 4.79 Å². The number of carbonyl (C=O) groups is 1. The minimum Gasteiger partial charge on any atom is -0.510 e. The van der Waals surface area contributed by atoms with E-state index in [2.05, 4.69) is 15.2 Å². The standard InChI is InChI=1S/C8H9N3O2S/c1-5(12)7(6(2)13)10-11-8-9-3-4-14-8/h3-4,12H,1-2H3/b7-5-,11-10?. The number of aliphatic hydroxyl groups excluding tert-OH is 1. The normalized spacial score (nSPS) is 13.0. The average molecular weight is 211 g/mol. The number of aliphatic hydroxyl groups is 1. The van der Waals surface area contributed by atoms with Crippen LogP contribution < -0.4 is 0 Å². The lowest BCUT2D eigenvalue weighted by Crippen LogP contribution is -1.96. The van der Waals surface area contributed by atoms with Crippen molar-refractivity contribution in [1.82, 2.24) is 4.98 Å². The molecule has 0 atom stereocenters. The lowest BCUT2D eigenvalue weighted by atomic mass is 10.3. The van der Waals surface area contributed by atoms with Crippen LogP contribution in [-0.4, -0.2) is 15.9 Å². The topological polar surface area (TPSA) is 74.9 Å². The Bertz CT molecular complexity index is 377.